The van der Waals surface area contributed by atoms with Crippen LogP contribution in [0, 0.1) is 0 Å². The fraction of sp³-hybridized carbons (Fsp3) is 0.600. The van der Waals surface area contributed by atoms with Gasteiger partial charge in [-0.25, -0.2) is 0 Å². The summed E-state index contributed by atoms with van der Waals surface area (Å²) >= 11 is 0. The van der Waals surface area contributed by atoms with Crippen molar-refractivity contribution in [3.05, 3.63) is 29.8 Å². The van der Waals surface area contributed by atoms with Crippen LogP contribution in [0.4, 0.5) is 8.78 Å². The molecule has 1 aliphatic heterocycles. The largest absolute Gasteiger partial charge is 0.435 e. The van der Waals surface area contributed by atoms with Crippen LogP contribution in [-0.4, -0.2) is 37.7 Å². The number of piperidine rings is 1. The lowest BCUT2D eigenvalue weighted by Gasteiger charge is -2.35. The van der Waals surface area contributed by atoms with Gasteiger partial charge in [-0.05, 0) is 44.1 Å². The van der Waals surface area contributed by atoms with E-state index in [4.69, 9.17) is 0 Å². The van der Waals surface area contributed by atoms with Gasteiger partial charge in [-0.1, -0.05) is 18.6 Å². The van der Waals surface area contributed by atoms with Crippen molar-refractivity contribution in [2.75, 3.05) is 20.1 Å². The van der Waals surface area contributed by atoms with Crippen LogP contribution in [0.3, 0.4) is 0 Å². The van der Waals surface area contributed by atoms with Crippen molar-refractivity contribution < 1.29 is 13.5 Å². The fourth-order valence-corrected chi connectivity index (χ4v) is 2.75. The minimum atomic E-state index is -2.76. The quantitative estimate of drug-likeness (QED) is 0.869. The first kappa shape index (κ1) is 15.2. The predicted molar refractivity (Wildman–Crippen MR) is 75.0 cm³/mol. The van der Waals surface area contributed by atoms with E-state index in [-0.39, 0.29) is 5.75 Å². The van der Waals surface area contributed by atoms with Crippen molar-refractivity contribution in [1.29, 1.82) is 0 Å². The Hall–Kier alpha value is -1.20. The molecule has 1 heterocycles. The molecule has 20 heavy (non-hydrogen) atoms. The van der Waals surface area contributed by atoms with E-state index < -0.39 is 6.61 Å². The Labute approximate surface area is 118 Å². The molecule has 1 saturated heterocycles. The maximum atomic E-state index is 12.1. The second kappa shape index (κ2) is 7.55. The summed E-state index contributed by atoms with van der Waals surface area (Å²) in [7, 11) is 1.98. The second-order valence-corrected chi connectivity index (χ2v) is 5.20. The van der Waals surface area contributed by atoms with Crippen molar-refractivity contribution in [3.63, 3.8) is 0 Å². The number of hydrogen-bond acceptors (Lipinski definition) is 3. The highest BCUT2D eigenvalue weighted by atomic mass is 19.3. The molecule has 0 aliphatic carbocycles. The van der Waals surface area contributed by atoms with Crippen LogP contribution in [0.1, 0.15) is 24.8 Å². The Balaban J connectivity index is 1.94. The number of halogens is 2. The molecular formula is C15H22F2N2O. The van der Waals surface area contributed by atoms with Crippen molar-refractivity contribution in [2.45, 2.75) is 38.5 Å². The number of hydrogen-bond donors (Lipinski definition) is 1. The van der Waals surface area contributed by atoms with E-state index in [9.17, 15) is 8.78 Å². The molecule has 0 aromatic heterocycles. The van der Waals surface area contributed by atoms with Gasteiger partial charge >= 0.3 is 6.61 Å². The zero-order chi connectivity index (χ0) is 14.4. The molecule has 3 nitrogen and oxygen atoms in total. The average Bonchev–Trinajstić information content (AvgIpc) is 2.43. The number of benzene rings is 1. The SMILES string of the molecule is CNCC1CCCCN1Cc1ccc(OC(F)F)cc1. The Morgan fingerprint density at radius 1 is 1.30 bits per heavy atom. The molecule has 0 saturated carbocycles. The van der Waals surface area contributed by atoms with Gasteiger partial charge in [-0.2, -0.15) is 8.78 Å². The first-order valence-corrected chi connectivity index (χ1v) is 7.11. The first-order valence-electron chi connectivity index (χ1n) is 7.11. The van der Waals surface area contributed by atoms with Crippen LogP contribution >= 0.6 is 0 Å². The van der Waals surface area contributed by atoms with E-state index in [1.54, 1.807) is 12.1 Å². The Morgan fingerprint density at radius 3 is 2.70 bits per heavy atom. The van der Waals surface area contributed by atoms with Crippen molar-refractivity contribution >= 4 is 0 Å². The van der Waals surface area contributed by atoms with Crippen LogP contribution in [0.2, 0.25) is 0 Å². The predicted octanol–water partition coefficient (Wildman–Crippen LogP) is 2.86. The number of alkyl halides is 2. The van der Waals surface area contributed by atoms with Crippen molar-refractivity contribution in [2.24, 2.45) is 0 Å². The minimum Gasteiger partial charge on any atom is -0.435 e. The molecular weight excluding hydrogens is 262 g/mol. The van der Waals surface area contributed by atoms with Gasteiger partial charge < -0.3 is 10.1 Å². The van der Waals surface area contributed by atoms with Crippen molar-refractivity contribution in [1.82, 2.24) is 10.2 Å². The molecule has 1 unspecified atom stereocenters. The zero-order valence-electron chi connectivity index (χ0n) is 11.8. The fourth-order valence-electron chi connectivity index (χ4n) is 2.75. The summed E-state index contributed by atoms with van der Waals surface area (Å²) in [4.78, 5) is 2.46. The van der Waals surface area contributed by atoms with Crippen LogP contribution in [0.15, 0.2) is 24.3 Å². The van der Waals surface area contributed by atoms with Gasteiger partial charge in [0.2, 0.25) is 0 Å². The third kappa shape index (κ3) is 4.42. The second-order valence-electron chi connectivity index (χ2n) is 5.20. The molecule has 0 radical (unpaired) electrons. The molecule has 0 spiro atoms. The van der Waals surface area contributed by atoms with Gasteiger partial charge in [-0.15, -0.1) is 0 Å². The molecule has 1 aliphatic rings. The van der Waals surface area contributed by atoms with Crippen molar-refractivity contribution in [3.8, 4) is 5.75 Å². The molecule has 1 fully saturated rings. The molecule has 1 atom stereocenters. The lowest BCUT2D eigenvalue weighted by atomic mass is 10.0. The summed E-state index contributed by atoms with van der Waals surface area (Å²) < 4.78 is 28.5. The van der Waals surface area contributed by atoms with Gasteiger partial charge in [0.05, 0.1) is 0 Å². The summed E-state index contributed by atoms with van der Waals surface area (Å²) in [6.45, 7) is 0.193. The molecule has 1 aromatic rings. The van der Waals surface area contributed by atoms with Gasteiger partial charge in [0.15, 0.2) is 0 Å². The van der Waals surface area contributed by atoms with E-state index in [2.05, 4.69) is 15.0 Å². The Kier molecular flexibility index (Phi) is 5.73. The molecule has 112 valence electrons. The zero-order valence-corrected chi connectivity index (χ0v) is 11.8. The minimum absolute atomic E-state index is 0.217. The van der Waals surface area contributed by atoms with Crippen LogP contribution in [0.25, 0.3) is 0 Å². The molecule has 1 aromatic carbocycles. The van der Waals surface area contributed by atoms with Gasteiger partial charge in [-0.3, -0.25) is 4.90 Å². The van der Waals surface area contributed by atoms with Gasteiger partial charge in [0, 0.05) is 19.1 Å². The maximum Gasteiger partial charge on any atom is 0.387 e. The summed E-state index contributed by atoms with van der Waals surface area (Å²) in [5.41, 5.74) is 1.13. The highest BCUT2D eigenvalue weighted by Gasteiger charge is 2.21. The summed E-state index contributed by atoms with van der Waals surface area (Å²) in [6, 6.07) is 7.51. The molecule has 2 rings (SSSR count). The first-order chi connectivity index (χ1) is 9.69. The normalized spacial score (nSPS) is 20.3. The molecule has 0 bridgehead atoms. The van der Waals surface area contributed by atoms with Crippen LogP contribution in [-0.2, 0) is 6.54 Å². The molecule has 0 amide bonds. The van der Waals surface area contributed by atoms with E-state index >= 15 is 0 Å². The number of nitrogens with one attached hydrogen (secondary N) is 1. The summed E-state index contributed by atoms with van der Waals surface area (Å²) in [5.74, 6) is 0.217. The van der Waals surface area contributed by atoms with E-state index in [0.29, 0.717) is 6.04 Å². The van der Waals surface area contributed by atoms with E-state index in [0.717, 1.165) is 25.2 Å². The summed E-state index contributed by atoms with van der Waals surface area (Å²) in [5, 5.41) is 3.24. The van der Waals surface area contributed by atoms with Crippen LogP contribution in [0.5, 0.6) is 5.75 Å². The standard InChI is InChI=1S/C15H22F2N2O/c1-18-10-13-4-2-3-9-19(13)11-12-5-7-14(8-6-12)20-15(16)17/h5-8,13,15,18H,2-4,9-11H2,1H3. The highest BCUT2D eigenvalue weighted by molar-refractivity contribution is 5.27. The van der Waals surface area contributed by atoms with Gasteiger partial charge in [0.25, 0.3) is 0 Å². The Morgan fingerprint density at radius 2 is 2.05 bits per heavy atom. The number of likely N-dealkylation sites (N-methyl/N-ethyl adjacent to an activating group) is 1. The number of rotatable bonds is 6. The number of likely N-dealkylation sites (tertiary alicyclic amines) is 1. The molecule has 5 heteroatoms. The molecule has 1 N–H and O–H groups in total. The topological polar surface area (TPSA) is 24.5 Å². The maximum absolute atomic E-state index is 12.1. The summed E-state index contributed by atoms with van der Waals surface area (Å²) in [6.07, 6.45) is 3.73. The number of ether oxygens (including phenoxy) is 1. The lowest BCUT2D eigenvalue weighted by molar-refractivity contribution is -0.0498. The Bertz CT molecular complexity index is 395. The third-order valence-corrected chi connectivity index (χ3v) is 3.72. The monoisotopic (exact) mass is 284 g/mol. The highest BCUT2D eigenvalue weighted by Crippen LogP contribution is 2.21. The van der Waals surface area contributed by atoms with E-state index in [1.807, 2.05) is 19.2 Å². The number of nitrogens with zero attached hydrogens (tertiary/aromatic N) is 1. The van der Waals surface area contributed by atoms with E-state index in [1.165, 1.54) is 19.3 Å². The van der Waals surface area contributed by atoms with Crippen LogP contribution < -0.4 is 10.1 Å². The third-order valence-electron chi connectivity index (χ3n) is 3.72. The van der Waals surface area contributed by atoms with Gasteiger partial charge in [0.1, 0.15) is 5.75 Å². The lowest BCUT2D eigenvalue weighted by Crippen LogP contribution is -2.44. The smallest absolute Gasteiger partial charge is 0.387 e. The average molecular weight is 284 g/mol.